The molecule has 1 aliphatic rings. The van der Waals surface area contributed by atoms with Gasteiger partial charge in [0.05, 0.1) is 5.02 Å². The minimum absolute atomic E-state index is 0.0424. The minimum atomic E-state index is -0.438. The van der Waals surface area contributed by atoms with Gasteiger partial charge >= 0.3 is 0 Å². The van der Waals surface area contributed by atoms with Crippen LogP contribution in [0.25, 0.3) is 0 Å². The molecule has 0 spiro atoms. The summed E-state index contributed by atoms with van der Waals surface area (Å²) < 4.78 is 23.7. The van der Waals surface area contributed by atoms with Gasteiger partial charge in [0.15, 0.2) is 11.5 Å². The highest BCUT2D eigenvalue weighted by atomic mass is 35.5. The fourth-order valence-electron chi connectivity index (χ4n) is 3.19. The second-order valence-corrected chi connectivity index (χ2v) is 7.26. The third kappa shape index (κ3) is 4.99. The highest BCUT2D eigenvalue weighted by Gasteiger charge is 2.24. The van der Waals surface area contributed by atoms with Crippen LogP contribution in [0.5, 0.6) is 5.75 Å². The van der Waals surface area contributed by atoms with Crippen LogP contribution in [0.15, 0.2) is 28.8 Å². The van der Waals surface area contributed by atoms with Gasteiger partial charge in [0.25, 0.3) is 5.91 Å². The molecule has 0 saturated carbocycles. The first kappa shape index (κ1) is 19.6. The summed E-state index contributed by atoms with van der Waals surface area (Å²) in [6.07, 6.45) is 3.48. The lowest BCUT2D eigenvalue weighted by Crippen LogP contribution is -2.45. The Bertz CT molecular complexity index is 798. The van der Waals surface area contributed by atoms with Crippen LogP contribution in [0.4, 0.5) is 4.39 Å². The Hall–Kier alpha value is -2.12. The first-order valence-corrected chi connectivity index (χ1v) is 9.31. The molecule has 1 aliphatic heterocycles. The van der Waals surface area contributed by atoms with Crippen LogP contribution in [0, 0.1) is 5.82 Å². The fourth-order valence-corrected chi connectivity index (χ4v) is 3.41. The van der Waals surface area contributed by atoms with E-state index in [4.69, 9.17) is 20.9 Å². The summed E-state index contributed by atoms with van der Waals surface area (Å²) in [5.41, 5.74) is 0.236. The molecule has 1 aromatic carbocycles. The molecule has 1 atom stereocenters. The number of hydrogen-bond donors (Lipinski definition) is 0. The van der Waals surface area contributed by atoms with Crippen molar-refractivity contribution in [3.63, 3.8) is 0 Å². The molecule has 8 heteroatoms. The van der Waals surface area contributed by atoms with Crippen molar-refractivity contribution < 1.29 is 18.4 Å². The maximum atomic E-state index is 13.1. The van der Waals surface area contributed by atoms with Crippen molar-refractivity contribution in [2.75, 3.05) is 27.2 Å². The van der Waals surface area contributed by atoms with Gasteiger partial charge in [-0.1, -0.05) is 23.2 Å². The molecule has 0 N–H and O–H groups in total. The molecule has 1 fully saturated rings. The monoisotopic (exact) mass is 395 g/mol. The maximum absolute atomic E-state index is 13.1. The number of ether oxygens (including phenoxy) is 1. The van der Waals surface area contributed by atoms with Gasteiger partial charge in [-0.3, -0.25) is 4.79 Å². The summed E-state index contributed by atoms with van der Waals surface area (Å²) in [5, 5.41) is 4.01. The van der Waals surface area contributed by atoms with E-state index in [1.165, 1.54) is 31.0 Å². The van der Waals surface area contributed by atoms with Crippen molar-refractivity contribution in [1.82, 2.24) is 15.0 Å². The van der Waals surface area contributed by atoms with Gasteiger partial charge in [-0.05, 0) is 44.6 Å². The molecular formula is C19H23ClFN3O3. The molecule has 1 amide bonds. The molecule has 27 heavy (non-hydrogen) atoms. The normalized spacial score (nSPS) is 17.7. The smallest absolute Gasteiger partial charge is 0.275 e. The highest BCUT2D eigenvalue weighted by Crippen LogP contribution is 2.26. The second-order valence-electron chi connectivity index (χ2n) is 6.86. The molecule has 0 bridgehead atoms. The largest absolute Gasteiger partial charge is 0.484 e. The molecule has 1 aromatic heterocycles. The quantitative estimate of drug-likeness (QED) is 0.747. The van der Waals surface area contributed by atoms with Gasteiger partial charge in [0, 0.05) is 25.7 Å². The number of likely N-dealkylation sites (tertiary alicyclic amines) is 1. The van der Waals surface area contributed by atoms with Crippen LogP contribution < -0.4 is 4.74 Å². The average Bonchev–Trinajstić information content (AvgIpc) is 3.11. The van der Waals surface area contributed by atoms with E-state index in [9.17, 15) is 9.18 Å². The van der Waals surface area contributed by atoms with Gasteiger partial charge in [0.1, 0.15) is 18.2 Å². The van der Waals surface area contributed by atoms with Crippen LogP contribution in [0.3, 0.4) is 0 Å². The van der Waals surface area contributed by atoms with Gasteiger partial charge in [-0.15, -0.1) is 0 Å². The van der Waals surface area contributed by atoms with Crippen LogP contribution >= 0.6 is 11.6 Å². The molecule has 1 unspecified atom stereocenters. The SMILES string of the molecule is CN(CC1CCCCN1C)C(=O)c1cc(COc2ccc(F)cc2Cl)on1. The number of piperidine rings is 1. The lowest BCUT2D eigenvalue weighted by atomic mass is 10.0. The molecule has 6 nitrogen and oxygen atoms in total. The van der Waals surface area contributed by atoms with E-state index in [1.807, 2.05) is 0 Å². The number of rotatable bonds is 6. The molecular weight excluding hydrogens is 373 g/mol. The predicted octanol–water partition coefficient (Wildman–Crippen LogP) is 3.60. The highest BCUT2D eigenvalue weighted by molar-refractivity contribution is 6.32. The third-order valence-electron chi connectivity index (χ3n) is 4.79. The number of aromatic nitrogens is 1. The summed E-state index contributed by atoms with van der Waals surface area (Å²) in [4.78, 5) is 16.6. The molecule has 1 saturated heterocycles. The Morgan fingerprint density at radius 3 is 3.00 bits per heavy atom. The van der Waals surface area contributed by atoms with Crippen LogP contribution in [-0.2, 0) is 6.61 Å². The number of nitrogens with zero attached hydrogens (tertiary/aromatic N) is 3. The van der Waals surface area contributed by atoms with Crippen molar-refractivity contribution in [3.05, 3.63) is 46.6 Å². The van der Waals surface area contributed by atoms with Crippen LogP contribution in [0.2, 0.25) is 5.02 Å². The standard InChI is InChI=1S/C19H23ClFN3O3/c1-23-8-4-3-5-14(23)11-24(2)19(25)17-10-15(27-22-17)12-26-18-7-6-13(21)9-16(18)20/h6-7,9-10,14H,3-5,8,11-12H2,1-2H3. The Labute approximate surface area is 162 Å². The van der Waals surface area contributed by atoms with E-state index in [1.54, 1.807) is 18.0 Å². The van der Waals surface area contributed by atoms with Crippen molar-refractivity contribution in [3.8, 4) is 5.75 Å². The number of halogens is 2. The molecule has 0 aliphatic carbocycles. The Balaban J connectivity index is 1.56. The van der Waals surface area contributed by atoms with E-state index >= 15 is 0 Å². The lowest BCUT2D eigenvalue weighted by Gasteiger charge is -2.34. The molecule has 2 heterocycles. The Morgan fingerprint density at radius 1 is 1.44 bits per heavy atom. The van der Waals surface area contributed by atoms with E-state index < -0.39 is 5.82 Å². The lowest BCUT2D eigenvalue weighted by molar-refractivity contribution is 0.0707. The van der Waals surface area contributed by atoms with Crippen LogP contribution in [-0.4, -0.2) is 54.1 Å². The number of likely N-dealkylation sites (N-methyl/N-ethyl adjacent to an activating group) is 2. The van der Waals surface area contributed by atoms with E-state index in [2.05, 4.69) is 17.1 Å². The summed E-state index contributed by atoms with van der Waals surface area (Å²) in [5.74, 6) is 0.0945. The molecule has 146 valence electrons. The summed E-state index contributed by atoms with van der Waals surface area (Å²) in [6.45, 7) is 1.75. The van der Waals surface area contributed by atoms with Gasteiger partial charge in [-0.25, -0.2) is 4.39 Å². The number of hydrogen-bond acceptors (Lipinski definition) is 5. The third-order valence-corrected chi connectivity index (χ3v) is 5.09. The van der Waals surface area contributed by atoms with E-state index in [0.29, 0.717) is 24.1 Å². The first-order valence-electron chi connectivity index (χ1n) is 8.93. The summed E-state index contributed by atoms with van der Waals surface area (Å²) >= 11 is 5.92. The van der Waals surface area contributed by atoms with E-state index in [-0.39, 0.29) is 23.2 Å². The zero-order chi connectivity index (χ0) is 19.4. The Morgan fingerprint density at radius 2 is 2.26 bits per heavy atom. The van der Waals surface area contributed by atoms with Crippen molar-refractivity contribution in [2.24, 2.45) is 0 Å². The zero-order valence-corrected chi connectivity index (χ0v) is 16.2. The molecule has 3 rings (SSSR count). The topological polar surface area (TPSA) is 58.8 Å². The fraction of sp³-hybridized carbons (Fsp3) is 0.474. The van der Waals surface area contributed by atoms with Gasteiger partial charge in [0.2, 0.25) is 0 Å². The molecule has 0 radical (unpaired) electrons. The van der Waals surface area contributed by atoms with Crippen molar-refractivity contribution in [1.29, 1.82) is 0 Å². The predicted molar refractivity (Wildman–Crippen MR) is 99.5 cm³/mol. The second kappa shape index (κ2) is 8.71. The number of carbonyl (C=O) groups is 1. The van der Waals surface area contributed by atoms with Crippen molar-refractivity contribution >= 4 is 17.5 Å². The number of amides is 1. The summed E-state index contributed by atoms with van der Waals surface area (Å²) in [6, 6.07) is 5.79. The van der Waals surface area contributed by atoms with Crippen LogP contribution in [0.1, 0.15) is 35.5 Å². The van der Waals surface area contributed by atoms with Gasteiger partial charge < -0.3 is 19.1 Å². The number of carbonyl (C=O) groups excluding carboxylic acids is 1. The molecule has 2 aromatic rings. The van der Waals surface area contributed by atoms with Crippen molar-refractivity contribution in [2.45, 2.75) is 31.9 Å². The number of benzene rings is 1. The zero-order valence-electron chi connectivity index (χ0n) is 15.5. The first-order chi connectivity index (χ1) is 12.9. The average molecular weight is 396 g/mol. The van der Waals surface area contributed by atoms with E-state index in [0.717, 1.165) is 13.0 Å². The minimum Gasteiger partial charge on any atom is -0.484 e. The Kier molecular flexibility index (Phi) is 6.34. The van der Waals surface area contributed by atoms with Gasteiger partial charge in [-0.2, -0.15) is 0 Å². The maximum Gasteiger partial charge on any atom is 0.275 e. The summed E-state index contributed by atoms with van der Waals surface area (Å²) in [7, 11) is 3.86.